The van der Waals surface area contributed by atoms with E-state index in [2.05, 4.69) is 10.6 Å². The standard InChI is InChI=1S/C19H19FN2O2/c1-2-21-18(24)19(11-12-19)14-5-9-16(10-6-14)22-17(23)13-3-7-15(20)8-4-13/h3-10H,2,11-12H2,1H3,(H,21,24)(H,22,23). The maximum atomic E-state index is 12.9. The molecule has 4 nitrogen and oxygen atoms in total. The van der Waals surface area contributed by atoms with E-state index in [0.29, 0.717) is 17.8 Å². The molecule has 0 aliphatic heterocycles. The van der Waals surface area contributed by atoms with Gasteiger partial charge in [0.25, 0.3) is 5.91 Å². The summed E-state index contributed by atoms with van der Waals surface area (Å²) < 4.78 is 12.9. The summed E-state index contributed by atoms with van der Waals surface area (Å²) >= 11 is 0. The van der Waals surface area contributed by atoms with Gasteiger partial charge in [0, 0.05) is 17.8 Å². The first kappa shape index (κ1) is 16.2. The number of anilines is 1. The summed E-state index contributed by atoms with van der Waals surface area (Å²) in [5.74, 6) is -0.614. The van der Waals surface area contributed by atoms with Crippen LogP contribution in [-0.2, 0) is 10.2 Å². The van der Waals surface area contributed by atoms with Crippen LogP contribution >= 0.6 is 0 Å². The molecule has 2 amide bonds. The van der Waals surface area contributed by atoms with Crippen molar-refractivity contribution in [2.24, 2.45) is 0 Å². The van der Waals surface area contributed by atoms with Crippen LogP contribution < -0.4 is 10.6 Å². The SMILES string of the molecule is CCNC(=O)C1(c2ccc(NC(=O)c3ccc(F)cc3)cc2)CC1. The van der Waals surface area contributed by atoms with Crippen LogP contribution in [-0.4, -0.2) is 18.4 Å². The molecular weight excluding hydrogens is 307 g/mol. The second kappa shape index (κ2) is 6.43. The molecule has 1 aliphatic rings. The lowest BCUT2D eigenvalue weighted by Crippen LogP contribution is -2.34. The lowest BCUT2D eigenvalue weighted by atomic mass is 9.94. The van der Waals surface area contributed by atoms with Gasteiger partial charge in [-0.2, -0.15) is 0 Å². The molecule has 5 heteroatoms. The van der Waals surface area contributed by atoms with Crippen molar-refractivity contribution in [3.63, 3.8) is 0 Å². The van der Waals surface area contributed by atoms with Gasteiger partial charge in [0.2, 0.25) is 5.91 Å². The summed E-state index contributed by atoms with van der Waals surface area (Å²) in [5, 5.41) is 5.65. The molecule has 24 heavy (non-hydrogen) atoms. The highest BCUT2D eigenvalue weighted by atomic mass is 19.1. The zero-order valence-corrected chi connectivity index (χ0v) is 13.4. The van der Waals surface area contributed by atoms with E-state index >= 15 is 0 Å². The number of benzene rings is 2. The molecule has 2 aromatic carbocycles. The molecule has 3 rings (SSSR count). The number of likely N-dealkylation sites (N-methyl/N-ethyl adjacent to an activating group) is 1. The first-order chi connectivity index (χ1) is 11.5. The minimum atomic E-state index is -0.407. The molecule has 0 radical (unpaired) electrons. The summed E-state index contributed by atoms with van der Waals surface area (Å²) in [6.45, 7) is 2.52. The lowest BCUT2D eigenvalue weighted by Gasteiger charge is -2.15. The van der Waals surface area contributed by atoms with E-state index in [1.165, 1.54) is 24.3 Å². The molecule has 2 aromatic rings. The third-order valence-corrected chi connectivity index (χ3v) is 4.32. The highest BCUT2D eigenvalue weighted by molar-refractivity contribution is 6.04. The Morgan fingerprint density at radius 2 is 1.67 bits per heavy atom. The van der Waals surface area contributed by atoms with Gasteiger partial charge in [-0.15, -0.1) is 0 Å². The maximum absolute atomic E-state index is 12.9. The van der Waals surface area contributed by atoms with E-state index < -0.39 is 5.41 Å². The number of rotatable bonds is 5. The molecule has 0 heterocycles. The topological polar surface area (TPSA) is 58.2 Å². The van der Waals surface area contributed by atoms with Gasteiger partial charge in [-0.05, 0) is 61.7 Å². The van der Waals surface area contributed by atoms with Gasteiger partial charge in [-0.25, -0.2) is 4.39 Å². The second-order valence-electron chi connectivity index (χ2n) is 5.98. The second-order valence-corrected chi connectivity index (χ2v) is 5.98. The van der Waals surface area contributed by atoms with Crippen molar-refractivity contribution in [1.29, 1.82) is 0 Å². The van der Waals surface area contributed by atoms with E-state index in [9.17, 15) is 14.0 Å². The minimum absolute atomic E-state index is 0.0631. The van der Waals surface area contributed by atoms with Crippen LogP contribution in [0, 0.1) is 5.82 Å². The fraction of sp³-hybridized carbons (Fsp3) is 0.263. The molecule has 124 valence electrons. The van der Waals surface area contributed by atoms with Crippen LogP contribution in [0.25, 0.3) is 0 Å². The van der Waals surface area contributed by atoms with Crippen molar-refractivity contribution in [3.05, 3.63) is 65.5 Å². The smallest absolute Gasteiger partial charge is 0.255 e. The average molecular weight is 326 g/mol. The third kappa shape index (κ3) is 3.15. The van der Waals surface area contributed by atoms with E-state index in [-0.39, 0.29) is 17.6 Å². The average Bonchev–Trinajstić information content (AvgIpc) is 3.38. The fourth-order valence-corrected chi connectivity index (χ4v) is 2.78. The Bertz CT molecular complexity index is 750. The first-order valence-corrected chi connectivity index (χ1v) is 8.01. The Labute approximate surface area is 140 Å². The number of carbonyl (C=O) groups excluding carboxylic acids is 2. The molecule has 1 aliphatic carbocycles. The van der Waals surface area contributed by atoms with Crippen molar-refractivity contribution >= 4 is 17.5 Å². The Morgan fingerprint density at radius 3 is 2.21 bits per heavy atom. The van der Waals surface area contributed by atoms with Crippen LogP contribution in [0.1, 0.15) is 35.7 Å². The van der Waals surface area contributed by atoms with Gasteiger partial charge >= 0.3 is 0 Å². The van der Waals surface area contributed by atoms with E-state index in [1.807, 2.05) is 19.1 Å². The monoisotopic (exact) mass is 326 g/mol. The predicted octanol–water partition coefficient (Wildman–Crippen LogP) is 3.25. The van der Waals surface area contributed by atoms with Crippen LogP contribution in [0.2, 0.25) is 0 Å². The molecular formula is C19H19FN2O2. The summed E-state index contributed by atoms with van der Waals surface area (Å²) in [6, 6.07) is 12.7. The van der Waals surface area contributed by atoms with Crippen molar-refractivity contribution in [2.75, 3.05) is 11.9 Å². The number of amides is 2. The van der Waals surface area contributed by atoms with E-state index in [4.69, 9.17) is 0 Å². The largest absolute Gasteiger partial charge is 0.356 e. The van der Waals surface area contributed by atoms with Crippen LogP contribution in [0.4, 0.5) is 10.1 Å². The highest BCUT2D eigenvalue weighted by Gasteiger charge is 2.50. The fourth-order valence-electron chi connectivity index (χ4n) is 2.78. The summed E-state index contributed by atoms with van der Waals surface area (Å²) in [5.41, 5.74) is 1.59. The van der Waals surface area contributed by atoms with Gasteiger partial charge in [0.15, 0.2) is 0 Å². The maximum Gasteiger partial charge on any atom is 0.255 e. The predicted molar refractivity (Wildman–Crippen MR) is 90.4 cm³/mol. The third-order valence-electron chi connectivity index (χ3n) is 4.32. The summed E-state index contributed by atoms with van der Waals surface area (Å²) in [4.78, 5) is 24.3. The zero-order valence-electron chi connectivity index (χ0n) is 13.4. The number of carbonyl (C=O) groups is 2. The van der Waals surface area contributed by atoms with Gasteiger partial charge in [0.1, 0.15) is 5.82 Å². The summed E-state index contributed by atoms with van der Waals surface area (Å²) in [6.07, 6.45) is 1.69. The van der Waals surface area contributed by atoms with Crippen molar-refractivity contribution in [2.45, 2.75) is 25.2 Å². The van der Waals surface area contributed by atoms with Crippen LogP contribution in [0.3, 0.4) is 0 Å². The Balaban J connectivity index is 1.70. The minimum Gasteiger partial charge on any atom is -0.356 e. The van der Waals surface area contributed by atoms with Gasteiger partial charge in [-0.1, -0.05) is 12.1 Å². The number of halogens is 1. The lowest BCUT2D eigenvalue weighted by molar-refractivity contribution is -0.123. The van der Waals surface area contributed by atoms with Gasteiger partial charge in [-0.3, -0.25) is 9.59 Å². The van der Waals surface area contributed by atoms with Gasteiger partial charge in [0.05, 0.1) is 5.41 Å². The highest BCUT2D eigenvalue weighted by Crippen LogP contribution is 2.48. The molecule has 0 bridgehead atoms. The number of hydrogen-bond donors (Lipinski definition) is 2. The molecule has 0 aromatic heterocycles. The first-order valence-electron chi connectivity index (χ1n) is 8.01. The number of nitrogens with one attached hydrogen (secondary N) is 2. The molecule has 1 saturated carbocycles. The zero-order chi connectivity index (χ0) is 17.2. The van der Waals surface area contributed by atoms with Gasteiger partial charge < -0.3 is 10.6 Å². The van der Waals surface area contributed by atoms with E-state index in [0.717, 1.165) is 18.4 Å². The van der Waals surface area contributed by atoms with Crippen molar-refractivity contribution in [3.8, 4) is 0 Å². The normalized spacial score (nSPS) is 14.8. The molecule has 1 fully saturated rings. The Morgan fingerprint density at radius 1 is 1.04 bits per heavy atom. The van der Waals surface area contributed by atoms with Crippen molar-refractivity contribution in [1.82, 2.24) is 5.32 Å². The number of hydrogen-bond acceptors (Lipinski definition) is 2. The Kier molecular flexibility index (Phi) is 4.34. The molecule has 0 spiro atoms. The molecule has 2 N–H and O–H groups in total. The van der Waals surface area contributed by atoms with E-state index in [1.54, 1.807) is 12.1 Å². The molecule has 0 saturated heterocycles. The Hall–Kier alpha value is -2.69. The van der Waals surface area contributed by atoms with Crippen LogP contribution in [0.5, 0.6) is 0 Å². The molecule has 0 atom stereocenters. The van der Waals surface area contributed by atoms with Crippen LogP contribution in [0.15, 0.2) is 48.5 Å². The summed E-state index contributed by atoms with van der Waals surface area (Å²) in [7, 11) is 0. The van der Waals surface area contributed by atoms with Crippen molar-refractivity contribution < 1.29 is 14.0 Å². The quantitative estimate of drug-likeness (QED) is 0.886. The molecule has 0 unspecified atom stereocenters.